The van der Waals surface area contributed by atoms with Gasteiger partial charge in [-0.25, -0.2) is 4.39 Å². The summed E-state index contributed by atoms with van der Waals surface area (Å²) in [4.78, 5) is 11.5. The minimum atomic E-state index is -0.332. The fraction of sp³-hybridized carbons (Fsp3) is 0.417. The maximum atomic E-state index is 12.6. The van der Waals surface area contributed by atoms with Gasteiger partial charge in [0.25, 0.3) is 5.91 Å². The van der Waals surface area contributed by atoms with E-state index in [1.807, 2.05) is 0 Å². The van der Waals surface area contributed by atoms with Crippen molar-refractivity contribution in [2.75, 3.05) is 19.6 Å². The zero-order valence-corrected chi connectivity index (χ0v) is 9.42. The van der Waals surface area contributed by atoms with Crippen LogP contribution in [0.25, 0.3) is 0 Å². The first-order chi connectivity index (χ1) is 7.74. The average molecular weight is 224 g/mol. The second-order valence-corrected chi connectivity index (χ2v) is 3.51. The third kappa shape index (κ3) is 4.40. The van der Waals surface area contributed by atoms with E-state index in [1.165, 1.54) is 24.3 Å². The van der Waals surface area contributed by atoms with E-state index in [9.17, 15) is 9.18 Å². The van der Waals surface area contributed by atoms with Gasteiger partial charge in [0.2, 0.25) is 0 Å². The number of hydrogen-bond donors (Lipinski definition) is 2. The van der Waals surface area contributed by atoms with E-state index in [1.54, 1.807) is 0 Å². The van der Waals surface area contributed by atoms with Gasteiger partial charge in [-0.2, -0.15) is 0 Å². The van der Waals surface area contributed by atoms with Crippen molar-refractivity contribution in [2.24, 2.45) is 0 Å². The molecule has 3 nitrogen and oxygen atoms in total. The lowest BCUT2D eigenvalue weighted by molar-refractivity contribution is 0.0954. The quantitative estimate of drug-likeness (QED) is 0.720. The molecule has 1 aromatic carbocycles. The van der Waals surface area contributed by atoms with Crippen molar-refractivity contribution in [3.8, 4) is 0 Å². The summed E-state index contributed by atoms with van der Waals surface area (Å²) in [5, 5.41) is 5.93. The van der Waals surface area contributed by atoms with Crippen molar-refractivity contribution in [1.82, 2.24) is 10.6 Å². The molecule has 0 unspecified atom stereocenters. The normalized spacial score (nSPS) is 10.1. The van der Waals surface area contributed by atoms with Gasteiger partial charge in [0.1, 0.15) is 5.82 Å². The van der Waals surface area contributed by atoms with Crippen molar-refractivity contribution in [1.29, 1.82) is 0 Å². The molecule has 0 saturated heterocycles. The molecule has 0 radical (unpaired) electrons. The monoisotopic (exact) mass is 224 g/mol. The fourth-order valence-electron chi connectivity index (χ4n) is 1.27. The van der Waals surface area contributed by atoms with Crippen LogP contribution in [0.15, 0.2) is 24.3 Å². The Bertz CT molecular complexity index is 324. The van der Waals surface area contributed by atoms with E-state index in [0.717, 1.165) is 19.5 Å². The number of carbonyl (C=O) groups excluding carboxylic acids is 1. The van der Waals surface area contributed by atoms with Gasteiger partial charge in [0.05, 0.1) is 0 Å². The van der Waals surface area contributed by atoms with Gasteiger partial charge in [-0.1, -0.05) is 6.92 Å². The number of carbonyl (C=O) groups is 1. The van der Waals surface area contributed by atoms with Crippen molar-refractivity contribution in [3.63, 3.8) is 0 Å². The van der Waals surface area contributed by atoms with Crippen LogP contribution in [0.1, 0.15) is 23.7 Å². The predicted octanol–water partition coefficient (Wildman–Crippen LogP) is 1.56. The molecule has 0 saturated carbocycles. The summed E-state index contributed by atoms with van der Waals surface area (Å²) in [5.74, 6) is -0.500. The van der Waals surface area contributed by atoms with E-state index in [-0.39, 0.29) is 11.7 Å². The molecule has 0 aromatic heterocycles. The van der Waals surface area contributed by atoms with Crippen molar-refractivity contribution in [2.45, 2.75) is 13.3 Å². The molecule has 0 fully saturated rings. The molecule has 4 heteroatoms. The number of nitrogens with one attached hydrogen (secondary N) is 2. The molecule has 1 rings (SSSR count). The van der Waals surface area contributed by atoms with Crippen LogP contribution in [0.3, 0.4) is 0 Å². The molecule has 0 aliphatic heterocycles. The summed E-state index contributed by atoms with van der Waals surface area (Å²) in [6.07, 6.45) is 1.08. The Balaban J connectivity index is 2.27. The predicted molar refractivity (Wildman–Crippen MR) is 61.9 cm³/mol. The summed E-state index contributed by atoms with van der Waals surface area (Å²) >= 11 is 0. The highest BCUT2D eigenvalue weighted by Gasteiger charge is 2.03. The summed E-state index contributed by atoms with van der Waals surface area (Å²) in [6.45, 7) is 4.37. The molecule has 2 N–H and O–H groups in total. The second kappa shape index (κ2) is 6.95. The molecule has 88 valence electrons. The lowest BCUT2D eigenvalue weighted by Gasteiger charge is -2.05. The summed E-state index contributed by atoms with van der Waals surface area (Å²) < 4.78 is 12.6. The first kappa shape index (κ1) is 12.6. The summed E-state index contributed by atoms with van der Waals surface area (Å²) in [5.41, 5.74) is 0.483. The lowest BCUT2D eigenvalue weighted by Crippen LogP contribution is -2.32. The van der Waals surface area contributed by atoms with Crippen LogP contribution in [-0.4, -0.2) is 25.5 Å². The van der Waals surface area contributed by atoms with Gasteiger partial charge in [0.15, 0.2) is 0 Å². The molecule has 1 aromatic rings. The van der Waals surface area contributed by atoms with E-state index < -0.39 is 0 Å². The number of amides is 1. The van der Waals surface area contributed by atoms with Crippen LogP contribution in [0.4, 0.5) is 4.39 Å². The van der Waals surface area contributed by atoms with Crippen molar-refractivity contribution in [3.05, 3.63) is 35.6 Å². The van der Waals surface area contributed by atoms with Gasteiger partial charge in [-0.3, -0.25) is 4.79 Å². The van der Waals surface area contributed by atoms with Gasteiger partial charge >= 0.3 is 0 Å². The molecule has 0 bridgehead atoms. The molecule has 1 amide bonds. The number of benzene rings is 1. The topological polar surface area (TPSA) is 41.1 Å². The molecule has 0 spiro atoms. The van der Waals surface area contributed by atoms with E-state index in [2.05, 4.69) is 17.6 Å². The fourth-order valence-corrected chi connectivity index (χ4v) is 1.27. The Kier molecular flexibility index (Phi) is 5.50. The summed E-state index contributed by atoms with van der Waals surface area (Å²) in [6, 6.07) is 5.52. The zero-order chi connectivity index (χ0) is 11.8. The Morgan fingerprint density at radius 3 is 2.50 bits per heavy atom. The van der Waals surface area contributed by atoms with E-state index in [0.29, 0.717) is 12.1 Å². The molecular weight excluding hydrogens is 207 g/mol. The third-order valence-electron chi connectivity index (χ3n) is 2.12. The standard InChI is InChI=1S/C12H17FN2O/c1-2-7-14-8-9-15-12(16)10-3-5-11(13)6-4-10/h3-6,14H,2,7-9H2,1H3,(H,15,16). The molecule has 0 aliphatic rings. The molecule has 0 atom stereocenters. The Labute approximate surface area is 95.0 Å². The smallest absolute Gasteiger partial charge is 0.251 e. The minimum Gasteiger partial charge on any atom is -0.351 e. The molecule has 16 heavy (non-hydrogen) atoms. The van der Waals surface area contributed by atoms with E-state index >= 15 is 0 Å². The van der Waals surface area contributed by atoms with Crippen molar-refractivity contribution < 1.29 is 9.18 Å². The third-order valence-corrected chi connectivity index (χ3v) is 2.12. The first-order valence-electron chi connectivity index (χ1n) is 5.48. The Hall–Kier alpha value is -1.42. The SMILES string of the molecule is CCCNCCNC(=O)c1ccc(F)cc1. The van der Waals surface area contributed by atoms with Crippen LogP contribution < -0.4 is 10.6 Å². The number of hydrogen-bond acceptors (Lipinski definition) is 2. The highest BCUT2D eigenvalue weighted by atomic mass is 19.1. The molecule has 0 aliphatic carbocycles. The first-order valence-corrected chi connectivity index (χ1v) is 5.48. The lowest BCUT2D eigenvalue weighted by atomic mass is 10.2. The number of halogens is 1. The largest absolute Gasteiger partial charge is 0.351 e. The zero-order valence-electron chi connectivity index (χ0n) is 9.42. The highest BCUT2D eigenvalue weighted by Crippen LogP contribution is 2.01. The highest BCUT2D eigenvalue weighted by molar-refractivity contribution is 5.94. The van der Waals surface area contributed by atoms with Crippen LogP contribution >= 0.6 is 0 Å². The van der Waals surface area contributed by atoms with Crippen LogP contribution in [0.5, 0.6) is 0 Å². The van der Waals surface area contributed by atoms with Crippen LogP contribution in [0.2, 0.25) is 0 Å². The Morgan fingerprint density at radius 1 is 1.19 bits per heavy atom. The second-order valence-electron chi connectivity index (χ2n) is 3.51. The van der Waals surface area contributed by atoms with E-state index in [4.69, 9.17) is 0 Å². The average Bonchev–Trinajstić information content (AvgIpc) is 2.29. The van der Waals surface area contributed by atoms with Gasteiger partial charge in [0, 0.05) is 18.7 Å². The van der Waals surface area contributed by atoms with Crippen LogP contribution in [-0.2, 0) is 0 Å². The summed E-state index contributed by atoms with van der Waals surface area (Å²) in [7, 11) is 0. The van der Waals surface area contributed by atoms with Gasteiger partial charge in [-0.15, -0.1) is 0 Å². The molecule has 0 heterocycles. The molecular formula is C12H17FN2O. The van der Waals surface area contributed by atoms with Gasteiger partial charge in [-0.05, 0) is 37.2 Å². The van der Waals surface area contributed by atoms with Crippen LogP contribution in [0, 0.1) is 5.82 Å². The Morgan fingerprint density at radius 2 is 1.88 bits per heavy atom. The maximum absolute atomic E-state index is 12.6. The minimum absolute atomic E-state index is 0.168. The number of rotatable bonds is 6. The maximum Gasteiger partial charge on any atom is 0.251 e. The van der Waals surface area contributed by atoms with Crippen molar-refractivity contribution >= 4 is 5.91 Å². The van der Waals surface area contributed by atoms with Gasteiger partial charge < -0.3 is 10.6 Å².